The Kier molecular flexibility index (Phi) is 7.13. The zero-order valence-corrected chi connectivity index (χ0v) is 15.1. The monoisotopic (exact) mass is 367 g/mol. The lowest BCUT2D eigenvalue weighted by Crippen LogP contribution is -2.35. The summed E-state index contributed by atoms with van der Waals surface area (Å²) in [6, 6.07) is 3.46. The van der Waals surface area contributed by atoms with Crippen LogP contribution in [0.3, 0.4) is 0 Å². The molecule has 1 atom stereocenters. The Morgan fingerprint density at radius 2 is 2.12 bits per heavy atom. The summed E-state index contributed by atoms with van der Waals surface area (Å²) in [5.41, 5.74) is 0.676. The van der Waals surface area contributed by atoms with Gasteiger partial charge in [0.25, 0.3) is 5.91 Å². The van der Waals surface area contributed by atoms with Crippen LogP contribution in [0.15, 0.2) is 18.2 Å². The number of rotatable bonds is 6. The smallest absolute Gasteiger partial charge is 0.331 e. The molecule has 0 radical (unpaired) electrons. The van der Waals surface area contributed by atoms with Gasteiger partial charge in [-0.15, -0.1) is 0 Å². The maximum atomic E-state index is 11.7. The first-order valence-electron chi connectivity index (χ1n) is 8.23. The summed E-state index contributed by atoms with van der Waals surface area (Å²) in [4.78, 5) is 23.3. The fourth-order valence-electron chi connectivity index (χ4n) is 2.11. The zero-order valence-electron chi connectivity index (χ0n) is 14.3. The molecule has 7 heteroatoms. The number of carbonyl (C=O) groups is 2. The van der Waals surface area contributed by atoms with Crippen molar-refractivity contribution in [3.8, 4) is 11.5 Å². The number of hydrogen-bond acceptors (Lipinski definition) is 5. The van der Waals surface area contributed by atoms with Crippen molar-refractivity contribution in [2.24, 2.45) is 0 Å². The van der Waals surface area contributed by atoms with Gasteiger partial charge in [0.15, 0.2) is 18.1 Å². The van der Waals surface area contributed by atoms with Gasteiger partial charge in [-0.25, -0.2) is 4.79 Å². The van der Waals surface area contributed by atoms with E-state index in [4.69, 9.17) is 25.8 Å². The summed E-state index contributed by atoms with van der Waals surface area (Å²) in [7, 11) is 0. The number of amides is 1. The number of esters is 1. The van der Waals surface area contributed by atoms with Crippen molar-refractivity contribution in [1.82, 2.24) is 5.32 Å². The molecule has 25 heavy (non-hydrogen) atoms. The molecule has 1 aromatic carbocycles. The van der Waals surface area contributed by atoms with Crippen LogP contribution in [0.5, 0.6) is 11.5 Å². The van der Waals surface area contributed by atoms with E-state index in [0.29, 0.717) is 35.3 Å². The Hall–Kier alpha value is -2.21. The molecule has 1 amide bonds. The highest BCUT2D eigenvalue weighted by Crippen LogP contribution is 2.38. The van der Waals surface area contributed by atoms with Gasteiger partial charge in [0.2, 0.25) is 0 Å². The Balaban J connectivity index is 1.92. The minimum absolute atomic E-state index is 0.0469. The van der Waals surface area contributed by atoms with Crippen LogP contribution in [0.2, 0.25) is 5.02 Å². The largest absolute Gasteiger partial charge is 0.489 e. The van der Waals surface area contributed by atoms with Gasteiger partial charge >= 0.3 is 5.97 Å². The molecule has 1 unspecified atom stereocenters. The van der Waals surface area contributed by atoms with Gasteiger partial charge in [-0.3, -0.25) is 4.79 Å². The highest BCUT2D eigenvalue weighted by molar-refractivity contribution is 6.32. The average molecular weight is 368 g/mol. The third-order valence-electron chi connectivity index (χ3n) is 3.60. The molecule has 6 nitrogen and oxygen atoms in total. The van der Waals surface area contributed by atoms with Crippen LogP contribution in [0.25, 0.3) is 6.08 Å². The van der Waals surface area contributed by atoms with E-state index in [2.05, 4.69) is 5.32 Å². The molecule has 1 aliphatic heterocycles. The Morgan fingerprint density at radius 3 is 2.88 bits per heavy atom. The molecule has 0 aliphatic carbocycles. The van der Waals surface area contributed by atoms with Crippen molar-refractivity contribution in [2.45, 2.75) is 32.7 Å². The number of nitrogens with one attached hydrogen (secondary N) is 1. The van der Waals surface area contributed by atoms with Crippen LogP contribution in [0.1, 0.15) is 32.3 Å². The van der Waals surface area contributed by atoms with Crippen LogP contribution >= 0.6 is 11.6 Å². The minimum Gasteiger partial charge on any atom is -0.489 e. The first kappa shape index (κ1) is 19.1. The second-order valence-corrected chi connectivity index (χ2v) is 6.11. The summed E-state index contributed by atoms with van der Waals surface area (Å²) >= 11 is 6.19. The van der Waals surface area contributed by atoms with Gasteiger partial charge in [-0.1, -0.05) is 18.5 Å². The standard InChI is InChI=1S/C18H22ClNO5/c1-3-12(2)20-16(21)11-25-17(22)6-5-13-9-14(19)18-15(10-13)23-7-4-8-24-18/h5-6,9-10,12H,3-4,7-8,11H2,1-2H3,(H,20,21). The maximum absolute atomic E-state index is 11.7. The Bertz CT molecular complexity index is 659. The van der Waals surface area contributed by atoms with E-state index >= 15 is 0 Å². The van der Waals surface area contributed by atoms with E-state index in [9.17, 15) is 9.59 Å². The van der Waals surface area contributed by atoms with Crippen LogP contribution in [-0.4, -0.2) is 37.7 Å². The quantitative estimate of drug-likeness (QED) is 0.618. The van der Waals surface area contributed by atoms with E-state index in [-0.39, 0.29) is 18.6 Å². The van der Waals surface area contributed by atoms with E-state index in [1.807, 2.05) is 13.8 Å². The number of fused-ring (bicyclic) bond motifs is 1. The zero-order chi connectivity index (χ0) is 18.2. The SMILES string of the molecule is CCC(C)NC(=O)COC(=O)C=Cc1cc(Cl)c2c(c1)OCCCO2. The lowest BCUT2D eigenvalue weighted by molar-refractivity contribution is -0.144. The van der Waals surface area contributed by atoms with Crippen molar-refractivity contribution in [2.75, 3.05) is 19.8 Å². The molecule has 0 aromatic heterocycles. The fourth-order valence-corrected chi connectivity index (χ4v) is 2.39. The minimum atomic E-state index is -0.609. The average Bonchev–Trinajstić information content (AvgIpc) is 2.83. The molecular weight excluding hydrogens is 346 g/mol. The van der Waals surface area contributed by atoms with Crippen LogP contribution in [-0.2, 0) is 14.3 Å². The van der Waals surface area contributed by atoms with Crippen LogP contribution < -0.4 is 14.8 Å². The third-order valence-corrected chi connectivity index (χ3v) is 3.88. The lowest BCUT2D eigenvalue weighted by Gasteiger charge is -2.11. The van der Waals surface area contributed by atoms with Crippen molar-refractivity contribution < 1.29 is 23.8 Å². The van der Waals surface area contributed by atoms with Gasteiger partial charge in [-0.05, 0) is 37.1 Å². The van der Waals surface area contributed by atoms with E-state index in [0.717, 1.165) is 12.8 Å². The predicted molar refractivity (Wildman–Crippen MR) is 94.9 cm³/mol. The van der Waals surface area contributed by atoms with Gasteiger partial charge in [0.05, 0.1) is 18.2 Å². The number of benzene rings is 1. The maximum Gasteiger partial charge on any atom is 0.331 e. The highest BCUT2D eigenvalue weighted by Gasteiger charge is 2.15. The van der Waals surface area contributed by atoms with E-state index in [1.54, 1.807) is 18.2 Å². The molecule has 1 aromatic rings. The molecule has 0 saturated heterocycles. The first-order chi connectivity index (χ1) is 12.0. The summed E-state index contributed by atoms with van der Waals surface area (Å²) in [6.45, 7) is 4.62. The van der Waals surface area contributed by atoms with Gasteiger partial charge in [-0.2, -0.15) is 0 Å². The van der Waals surface area contributed by atoms with Crippen molar-refractivity contribution in [1.29, 1.82) is 0 Å². The number of ether oxygens (including phenoxy) is 3. The normalized spacial score (nSPS) is 14.7. The molecule has 0 fully saturated rings. The molecule has 0 saturated carbocycles. The van der Waals surface area contributed by atoms with Crippen molar-refractivity contribution in [3.05, 3.63) is 28.8 Å². The van der Waals surface area contributed by atoms with Gasteiger partial charge < -0.3 is 19.5 Å². The first-order valence-corrected chi connectivity index (χ1v) is 8.60. The second kappa shape index (κ2) is 9.32. The molecule has 1 N–H and O–H groups in total. The fraction of sp³-hybridized carbons (Fsp3) is 0.444. The summed E-state index contributed by atoms with van der Waals surface area (Å²) < 4.78 is 16.0. The highest BCUT2D eigenvalue weighted by atomic mass is 35.5. The van der Waals surface area contributed by atoms with Crippen LogP contribution in [0, 0.1) is 0 Å². The van der Waals surface area contributed by atoms with Gasteiger partial charge in [0.1, 0.15) is 0 Å². The number of halogens is 1. The van der Waals surface area contributed by atoms with E-state index in [1.165, 1.54) is 6.08 Å². The van der Waals surface area contributed by atoms with Crippen LogP contribution in [0.4, 0.5) is 0 Å². The molecular formula is C18H22ClNO5. The second-order valence-electron chi connectivity index (χ2n) is 5.70. The summed E-state index contributed by atoms with van der Waals surface area (Å²) in [5.74, 6) is 0.129. The number of carbonyl (C=O) groups excluding carboxylic acids is 2. The summed E-state index contributed by atoms with van der Waals surface area (Å²) in [6.07, 6.45) is 4.38. The summed E-state index contributed by atoms with van der Waals surface area (Å²) in [5, 5.41) is 3.14. The Morgan fingerprint density at radius 1 is 1.36 bits per heavy atom. The topological polar surface area (TPSA) is 73.9 Å². The molecule has 136 valence electrons. The third kappa shape index (κ3) is 5.98. The Labute approximate surface area is 152 Å². The molecule has 2 rings (SSSR count). The number of hydrogen-bond donors (Lipinski definition) is 1. The van der Waals surface area contributed by atoms with E-state index < -0.39 is 5.97 Å². The van der Waals surface area contributed by atoms with Gasteiger partial charge in [0, 0.05) is 18.5 Å². The lowest BCUT2D eigenvalue weighted by atomic mass is 10.2. The molecule has 0 spiro atoms. The predicted octanol–water partition coefficient (Wildman–Crippen LogP) is 2.97. The molecule has 1 heterocycles. The molecule has 0 bridgehead atoms. The molecule has 1 aliphatic rings. The van der Waals surface area contributed by atoms with Crippen molar-refractivity contribution >= 4 is 29.6 Å². The van der Waals surface area contributed by atoms with Crippen molar-refractivity contribution in [3.63, 3.8) is 0 Å².